The Morgan fingerprint density at radius 2 is 2.00 bits per heavy atom. The molecule has 1 saturated carbocycles. The van der Waals surface area contributed by atoms with E-state index in [-0.39, 0.29) is 17.9 Å². The summed E-state index contributed by atoms with van der Waals surface area (Å²) in [5.74, 6) is 0.110. The van der Waals surface area contributed by atoms with Crippen molar-refractivity contribution in [3.05, 3.63) is 29.3 Å². The summed E-state index contributed by atoms with van der Waals surface area (Å²) in [5, 5.41) is 4.81. The van der Waals surface area contributed by atoms with E-state index >= 15 is 0 Å². The van der Waals surface area contributed by atoms with E-state index in [0.717, 1.165) is 67.8 Å². The minimum Gasteiger partial charge on any atom is -0.368 e. The Labute approximate surface area is 163 Å². The SMILES string of the molecule is Cn1ccnc1SC1CCC(NC(=O)c2nc(N)nc3c2CCCC3)CC1. The number of nitrogens with one attached hydrogen (secondary N) is 1. The number of rotatable bonds is 4. The third-order valence-electron chi connectivity index (χ3n) is 5.47. The second-order valence-corrected chi connectivity index (χ2v) is 8.72. The standard InChI is InChI=1S/C19H26N6OS/c1-25-11-10-21-19(25)27-13-8-6-12(7-9-13)22-17(26)16-14-4-2-3-5-15(14)23-18(20)24-16/h10-13H,2-9H2,1H3,(H,22,26)(H2,20,23,24). The molecule has 2 aromatic heterocycles. The van der Waals surface area contributed by atoms with Crippen molar-refractivity contribution in [2.75, 3.05) is 5.73 Å². The van der Waals surface area contributed by atoms with Gasteiger partial charge < -0.3 is 15.6 Å². The van der Waals surface area contributed by atoms with Crippen molar-refractivity contribution in [2.45, 2.75) is 67.8 Å². The molecule has 0 saturated heterocycles. The largest absolute Gasteiger partial charge is 0.368 e. The third-order valence-corrected chi connectivity index (χ3v) is 6.88. The fourth-order valence-corrected chi connectivity index (χ4v) is 5.15. The van der Waals surface area contributed by atoms with Gasteiger partial charge in [-0.15, -0.1) is 0 Å². The number of fused-ring (bicyclic) bond motifs is 1. The lowest BCUT2D eigenvalue weighted by Crippen LogP contribution is -2.39. The van der Waals surface area contributed by atoms with Crippen molar-refractivity contribution < 1.29 is 4.79 Å². The maximum absolute atomic E-state index is 12.8. The maximum atomic E-state index is 12.8. The lowest BCUT2D eigenvalue weighted by Gasteiger charge is -2.28. The molecule has 1 amide bonds. The van der Waals surface area contributed by atoms with Gasteiger partial charge in [0.2, 0.25) is 5.95 Å². The number of aryl methyl sites for hydroxylation is 2. The second-order valence-electron chi connectivity index (χ2n) is 7.45. The molecule has 27 heavy (non-hydrogen) atoms. The van der Waals surface area contributed by atoms with Crippen LogP contribution < -0.4 is 11.1 Å². The number of hydrogen-bond acceptors (Lipinski definition) is 6. The van der Waals surface area contributed by atoms with Crippen LogP contribution in [0.3, 0.4) is 0 Å². The predicted molar refractivity (Wildman–Crippen MR) is 106 cm³/mol. The zero-order chi connectivity index (χ0) is 18.8. The van der Waals surface area contributed by atoms with Gasteiger partial charge >= 0.3 is 0 Å². The number of nitrogen functional groups attached to an aromatic ring is 1. The molecule has 8 heteroatoms. The zero-order valence-corrected chi connectivity index (χ0v) is 16.5. The van der Waals surface area contributed by atoms with Gasteiger partial charge in [0.05, 0.1) is 0 Å². The summed E-state index contributed by atoms with van der Waals surface area (Å²) in [5.41, 5.74) is 8.27. The summed E-state index contributed by atoms with van der Waals surface area (Å²) >= 11 is 1.84. The molecule has 0 spiro atoms. The van der Waals surface area contributed by atoms with Crippen molar-refractivity contribution in [2.24, 2.45) is 7.05 Å². The molecule has 0 radical (unpaired) electrons. The zero-order valence-electron chi connectivity index (χ0n) is 15.6. The van der Waals surface area contributed by atoms with E-state index < -0.39 is 0 Å². The van der Waals surface area contributed by atoms with Gasteiger partial charge in [-0.25, -0.2) is 15.0 Å². The van der Waals surface area contributed by atoms with Crippen LogP contribution in [0.1, 0.15) is 60.3 Å². The molecule has 0 aromatic carbocycles. The Kier molecular flexibility index (Phi) is 5.33. The summed E-state index contributed by atoms with van der Waals surface area (Å²) in [6.45, 7) is 0. The van der Waals surface area contributed by atoms with Crippen molar-refractivity contribution in [1.82, 2.24) is 24.8 Å². The number of carbonyl (C=O) groups is 1. The van der Waals surface area contributed by atoms with Crippen molar-refractivity contribution in [3.8, 4) is 0 Å². The first-order chi connectivity index (χ1) is 13.1. The van der Waals surface area contributed by atoms with E-state index in [4.69, 9.17) is 5.73 Å². The van der Waals surface area contributed by atoms with Gasteiger partial charge in [0.15, 0.2) is 5.16 Å². The van der Waals surface area contributed by atoms with Crippen LogP contribution in [0.25, 0.3) is 0 Å². The van der Waals surface area contributed by atoms with Crippen LogP contribution in [0.15, 0.2) is 17.6 Å². The Morgan fingerprint density at radius 1 is 1.22 bits per heavy atom. The molecule has 2 aromatic rings. The Hall–Kier alpha value is -2.09. The van der Waals surface area contributed by atoms with E-state index in [1.165, 1.54) is 0 Å². The summed E-state index contributed by atoms with van der Waals surface area (Å²) in [7, 11) is 2.02. The molecule has 0 atom stereocenters. The summed E-state index contributed by atoms with van der Waals surface area (Å²) in [6.07, 6.45) is 11.9. The van der Waals surface area contributed by atoms with Crippen LogP contribution in [-0.4, -0.2) is 36.7 Å². The van der Waals surface area contributed by atoms with Crippen LogP contribution in [0, 0.1) is 0 Å². The maximum Gasteiger partial charge on any atom is 0.270 e. The monoisotopic (exact) mass is 386 g/mol. The summed E-state index contributed by atoms with van der Waals surface area (Å²) < 4.78 is 2.06. The molecular weight excluding hydrogens is 360 g/mol. The fourth-order valence-electron chi connectivity index (χ4n) is 3.99. The topological polar surface area (TPSA) is 98.7 Å². The number of carbonyl (C=O) groups excluding carboxylic acids is 1. The third kappa shape index (κ3) is 4.10. The summed E-state index contributed by atoms with van der Waals surface area (Å²) in [6, 6.07) is 0.200. The highest BCUT2D eigenvalue weighted by molar-refractivity contribution is 7.99. The van der Waals surface area contributed by atoms with Gasteiger partial charge in [0.25, 0.3) is 5.91 Å². The van der Waals surface area contributed by atoms with E-state index in [1.807, 2.05) is 31.2 Å². The van der Waals surface area contributed by atoms with Gasteiger partial charge in [-0.1, -0.05) is 11.8 Å². The van der Waals surface area contributed by atoms with E-state index in [0.29, 0.717) is 10.9 Å². The molecule has 0 bridgehead atoms. The molecular formula is C19H26N6OS. The number of hydrogen-bond donors (Lipinski definition) is 2. The molecule has 2 aliphatic rings. The van der Waals surface area contributed by atoms with Gasteiger partial charge in [-0.2, -0.15) is 0 Å². The highest BCUT2D eigenvalue weighted by Crippen LogP contribution is 2.33. The van der Waals surface area contributed by atoms with Crippen LogP contribution in [0.2, 0.25) is 0 Å². The minimum atomic E-state index is -0.0949. The molecule has 3 N–H and O–H groups in total. The highest BCUT2D eigenvalue weighted by atomic mass is 32.2. The molecule has 0 unspecified atom stereocenters. The van der Waals surface area contributed by atoms with Gasteiger partial charge in [-0.3, -0.25) is 4.79 Å². The highest BCUT2D eigenvalue weighted by Gasteiger charge is 2.27. The molecule has 2 heterocycles. The number of thioether (sulfide) groups is 1. The molecule has 1 fully saturated rings. The Balaban J connectivity index is 1.36. The predicted octanol–water partition coefficient (Wildman–Crippen LogP) is 2.50. The van der Waals surface area contributed by atoms with Gasteiger partial charge in [-0.05, 0) is 51.4 Å². The minimum absolute atomic E-state index is 0.0949. The molecule has 0 aliphatic heterocycles. The van der Waals surface area contributed by atoms with E-state index in [9.17, 15) is 4.79 Å². The van der Waals surface area contributed by atoms with Crippen LogP contribution in [-0.2, 0) is 19.9 Å². The van der Waals surface area contributed by atoms with Crippen molar-refractivity contribution in [1.29, 1.82) is 0 Å². The van der Waals surface area contributed by atoms with Crippen molar-refractivity contribution >= 4 is 23.6 Å². The van der Waals surface area contributed by atoms with E-state index in [2.05, 4.69) is 24.8 Å². The molecule has 2 aliphatic carbocycles. The number of nitrogens with two attached hydrogens (primary N) is 1. The molecule has 4 rings (SSSR count). The summed E-state index contributed by atoms with van der Waals surface area (Å²) in [4.78, 5) is 25.8. The second kappa shape index (κ2) is 7.88. The lowest BCUT2D eigenvalue weighted by molar-refractivity contribution is 0.0921. The quantitative estimate of drug-likeness (QED) is 0.838. The smallest absolute Gasteiger partial charge is 0.270 e. The lowest BCUT2D eigenvalue weighted by atomic mass is 9.93. The Bertz CT molecular complexity index is 828. The van der Waals surface area contributed by atoms with Crippen LogP contribution >= 0.6 is 11.8 Å². The number of anilines is 1. The number of nitrogens with zero attached hydrogens (tertiary/aromatic N) is 4. The van der Waals surface area contributed by atoms with Crippen molar-refractivity contribution in [3.63, 3.8) is 0 Å². The first-order valence-corrected chi connectivity index (χ1v) is 10.6. The average Bonchev–Trinajstić information content (AvgIpc) is 3.07. The fraction of sp³-hybridized carbons (Fsp3) is 0.579. The number of amides is 1. The van der Waals surface area contributed by atoms with E-state index in [1.54, 1.807) is 0 Å². The molecule has 7 nitrogen and oxygen atoms in total. The first-order valence-electron chi connectivity index (χ1n) is 9.70. The van der Waals surface area contributed by atoms with Gasteiger partial charge in [0, 0.05) is 42.0 Å². The number of imidazole rings is 1. The normalized spacial score (nSPS) is 22.3. The average molecular weight is 387 g/mol. The first kappa shape index (κ1) is 18.3. The Morgan fingerprint density at radius 3 is 2.74 bits per heavy atom. The van der Waals surface area contributed by atoms with Gasteiger partial charge in [0.1, 0.15) is 5.69 Å². The van der Waals surface area contributed by atoms with Crippen LogP contribution in [0.5, 0.6) is 0 Å². The number of aromatic nitrogens is 4. The van der Waals surface area contributed by atoms with Crippen LogP contribution in [0.4, 0.5) is 5.95 Å². The molecule has 144 valence electrons.